The number of carbonyl (C=O) groups is 1. The molecule has 130 valence electrons. The van der Waals surface area contributed by atoms with Gasteiger partial charge >= 0.3 is 0 Å². The highest BCUT2D eigenvalue weighted by Crippen LogP contribution is 2.25. The number of amides is 1. The Hall–Kier alpha value is -2.04. The summed E-state index contributed by atoms with van der Waals surface area (Å²) in [6, 6.07) is 4.37. The van der Waals surface area contributed by atoms with E-state index in [0.29, 0.717) is 0 Å². The van der Waals surface area contributed by atoms with E-state index >= 15 is 0 Å². The molecule has 1 amide bonds. The second-order valence-corrected chi connectivity index (χ2v) is 6.93. The molecule has 5 nitrogen and oxygen atoms in total. The standard InChI is InChI=1S/C19H28N4O/c1-6-21-14(3)11-18(16(21)5)19(24)22-9-7-8-17(22)12-23-15(4)10-13(2)20-23/h10-11,17H,6-9,12H2,1-5H3. The van der Waals surface area contributed by atoms with Crippen LogP contribution in [0.2, 0.25) is 0 Å². The molecule has 24 heavy (non-hydrogen) atoms. The number of carbonyl (C=O) groups excluding carboxylic acids is 1. The molecule has 0 spiro atoms. The Morgan fingerprint density at radius 3 is 2.54 bits per heavy atom. The number of rotatable bonds is 4. The number of hydrogen-bond acceptors (Lipinski definition) is 2. The molecule has 3 rings (SSSR count). The number of nitrogens with zero attached hydrogens (tertiary/aromatic N) is 4. The van der Waals surface area contributed by atoms with Crippen LogP contribution in [0.25, 0.3) is 0 Å². The Balaban J connectivity index is 1.82. The first kappa shape index (κ1) is 16.8. The molecule has 1 aliphatic heterocycles. The van der Waals surface area contributed by atoms with Gasteiger partial charge in [-0.15, -0.1) is 0 Å². The Kier molecular flexibility index (Phi) is 4.52. The maximum atomic E-state index is 13.1. The first-order valence-electron chi connectivity index (χ1n) is 8.91. The van der Waals surface area contributed by atoms with Crippen LogP contribution < -0.4 is 0 Å². The molecule has 0 aliphatic carbocycles. The van der Waals surface area contributed by atoms with E-state index in [1.165, 1.54) is 0 Å². The van der Waals surface area contributed by atoms with Crippen molar-refractivity contribution < 1.29 is 4.79 Å². The van der Waals surface area contributed by atoms with Crippen molar-refractivity contribution in [3.63, 3.8) is 0 Å². The van der Waals surface area contributed by atoms with E-state index in [2.05, 4.69) is 48.3 Å². The van der Waals surface area contributed by atoms with Crippen molar-refractivity contribution in [2.75, 3.05) is 6.54 Å². The third-order valence-corrected chi connectivity index (χ3v) is 5.25. The third-order valence-electron chi connectivity index (χ3n) is 5.25. The summed E-state index contributed by atoms with van der Waals surface area (Å²) in [4.78, 5) is 15.2. The van der Waals surface area contributed by atoms with Gasteiger partial charge in [0.2, 0.25) is 0 Å². The van der Waals surface area contributed by atoms with E-state index in [1.54, 1.807) is 0 Å². The number of aryl methyl sites for hydroxylation is 3. The van der Waals surface area contributed by atoms with Gasteiger partial charge in [0, 0.05) is 30.2 Å². The first-order chi connectivity index (χ1) is 11.4. The quantitative estimate of drug-likeness (QED) is 0.865. The zero-order chi connectivity index (χ0) is 17.4. The molecular formula is C19H28N4O. The van der Waals surface area contributed by atoms with Crippen LogP contribution in [0.3, 0.4) is 0 Å². The van der Waals surface area contributed by atoms with Crippen molar-refractivity contribution >= 4 is 5.91 Å². The average Bonchev–Trinajstić information content (AvgIpc) is 3.18. The lowest BCUT2D eigenvalue weighted by molar-refractivity contribution is 0.0720. The predicted molar refractivity (Wildman–Crippen MR) is 95.3 cm³/mol. The largest absolute Gasteiger partial charge is 0.349 e. The fourth-order valence-electron chi connectivity index (χ4n) is 4.01. The second-order valence-electron chi connectivity index (χ2n) is 6.93. The summed E-state index contributed by atoms with van der Waals surface area (Å²) in [6.07, 6.45) is 2.12. The van der Waals surface area contributed by atoms with Gasteiger partial charge in [-0.05, 0) is 59.6 Å². The lowest BCUT2D eigenvalue weighted by atomic mass is 10.1. The van der Waals surface area contributed by atoms with E-state index in [-0.39, 0.29) is 11.9 Å². The van der Waals surface area contributed by atoms with Crippen LogP contribution in [0.4, 0.5) is 0 Å². The van der Waals surface area contributed by atoms with Gasteiger partial charge < -0.3 is 9.47 Å². The zero-order valence-electron chi connectivity index (χ0n) is 15.5. The van der Waals surface area contributed by atoms with Crippen LogP contribution in [0.5, 0.6) is 0 Å². The average molecular weight is 328 g/mol. The number of likely N-dealkylation sites (tertiary alicyclic amines) is 1. The van der Waals surface area contributed by atoms with Crippen molar-refractivity contribution in [1.29, 1.82) is 0 Å². The van der Waals surface area contributed by atoms with Crippen molar-refractivity contribution in [3.8, 4) is 0 Å². The van der Waals surface area contributed by atoms with Gasteiger partial charge in [-0.25, -0.2) is 0 Å². The number of hydrogen-bond donors (Lipinski definition) is 0. The Morgan fingerprint density at radius 2 is 1.96 bits per heavy atom. The van der Waals surface area contributed by atoms with E-state index in [9.17, 15) is 4.79 Å². The van der Waals surface area contributed by atoms with Crippen LogP contribution in [0.1, 0.15) is 52.9 Å². The molecule has 0 N–H and O–H groups in total. The summed E-state index contributed by atoms with van der Waals surface area (Å²) in [7, 11) is 0. The highest BCUT2D eigenvalue weighted by molar-refractivity contribution is 5.96. The van der Waals surface area contributed by atoms with Crippen molar-refractivity contribution in [2.24, 2.45) is 0 Å². The van der Waals surface area contributed by atoms with Gasteiger partial charge in [-0.2, -0.15) is 5.10 Å². The van der Waals surface area contributed by atoms with Gasteiger partial charge in [-0.3, -0.25) is 9.48 Å². The van der Waals surface area contributed by atoms with Gasteiger partial charge in [0.05, 0.1) is 23.8 Å². The van der Waals surface area contributed by atoms with Crippen molar-refractivity contribution in [2.45, 2.75) is 66.6 Å². The summed E-state index contributed by atoms with van der Waals surface area (Å²) in [6.45, 7) is 12.9. The molecular weight excluding hydrogens is 300 g/mol. The summed E-state index contributed by atoms with van der Waals surface area (Å²) >= 11 is 0. The molecule has 0 aromatic carbocycles. The van der Waals surface area contributed by atoms with Crippen LogP contribution in [0, 0.1) is 27.7 Å². The third kappa shape index (κ3) is 2.87. The smallest absolute Gasteiger partial charge is 0.255 e. The minimum absolute atomic E-state index is 0.173. The van der Waals surface area contributed by atoms with E-state index < -0.39 is 0 Å². The highest BCUT2D eigenvalue weighted by Gasteiger charge is 2.31. The minimum Gasteiger partial charge on any atom is -0.349 e. The number of aromatic nitrogens is 3. The van der Waals surface area contributed by atoms with E-state index in [0.717, 1.165) is 60.8 Å². The van der Waals surface area contributed by atoms with Crippen molar-refractivity contribution in [1.82, 2.24) is 19.2 Å². The second kappa shape index (κ2) is 6.46. The lowest BCUT2D eigenvalue weighted by Crippen LogP contribution is -2.38. The van der Waals surface area contributed by atoms with E-state index in [1.807, 2.05) is 17.7 Å². The topological polar surface area (TPSA) is 43.1 Å². The molecule has 1 aliphatic rings. The molecule has 0 bridgehead atoms. The fraction of sp³-hybridized carbons (Fsp3) is 0.579. The van der Waals surface area contributed by atoms with Crippen molar-refractivity contribution in [3.05, 3.63) is 40.5 Å². The molecule has 1 atom stereocenters. The lowest BCUT2D eigenvalue weighted by Gasteiger charge is -2.25. The normalized spacial score (nSPS) is 17.7. The molecule has 1 fully saturated rings. The highest BCUT2D eigenvalue weighted by atomic mass is 16.2. The molecule has 0 radical (unpaired) electrons. The van der Waals surface area contributed by atoms with Crippen LogP contribution in [0.15, 0.2) is 12.1 Å². The molecule has 1 saturated heterocycles. The summed E-state index contributed by atoms with van der Waals surface area (Å²) in [5, 5.41) is 4.56. The molecule has 5 heteroatoms. The summed E-state index contributed by atoms with van der Waals surface area (Å²) in [5.41, 5.74) is 5.30. The first-order valence-corrected chi connectivity index (χ1v) is 8.91. The summed E-state index contributed by atoms with van der Waals surface area (Å²) in [5.74, 6) is 0.173. The molecule has 3 heterocycles. The zero-order valence-corrected chi connectivity index (χ0v) is 15.5. The maximum absolute atomic E-state index is 13.1. The molecule has 2 aromatic rings. The van der Waals surface area contributed by atoms with Crippen LogP contribution in [-0.2, 0) is 13.1 Å². The molecule has 0 saturated carbocycles. The summed E-state index contributed by atoms with van der Waals surface area (Å²) < 4.78 is 4.25. The Bertz CT molecular complexity index is 756. The van der Waals surface area contributed by atoms with Gasteiger partial charge in [0.15, 0.2) is 0 Å². The van der Waals surface area contributed by atoms with Gasteiger partial charge in [0.1, 0.15) is 0 Å². The minimum atomic E-state index is 0.173. The fourth-order valence-corrected chi connectivity index (χ4v) is 4.01. The SMILES string of the molecule is CCn1c(C)cc(C(=O)N2CCCC2Cn2nc(C)cc2C)c1C. The maximum Gasteiger partial charge on any atom is 0.255 e. The Morgan fingerprint density at radius 1 is 1.21 bits per heavy atom. The van der Waals surface area contributed by atoms with Crippen LogP contribution in [-0.4, -0.2) is 37.7 Å². The molecule has 2 aromatic heterocycles. The van der Waals surface area contributed by atoms with Gasteiger partial charge in [0.25, 0.3) is 5.91 Å². The van der Waals surface area contributed by atoms with Crippen LogP contribution >= 0.6 is 0 Å². The van der Waals surface area contributed by atoms with Gasteiger partial charge in [-0.1, -0.05) is 0 Å². The Labute approximate surface area is 144 Å². The predicted octanol–water partition coefficient (Wildman–Crippen LogP) is 3.24. The van der Waals surface area contributed by atoms with E-state index in [4.69, 9.17) is 0 Å². The molecule has 1 unspecified atom stereocenters. The monoisotopic (exact) mass is 328 g/mol.